The fourth-order valence-corrected chi connectivity index (χ4v) is 3.29. The number of hydrogen-bond donors (Lipinski definition) is 2. The van der Waals surface area contributed by atoms with E-state index in [1.807, 2.05) is 0 Å². The van der Waals surface area contributed by atoms with Crippen molar-refractivity contribution in [1.82, 2.24) is 20.2 Å². The van der Waals surface area contributed by atoms with E-state index in [2.05, 4.69) is 20.2 Å². The smallest absolute Gasteiger partial charge is 0.216 e. The minimum Gasteiger partial charge on any atom is -0.368 e. The largest absolute Gasteiger partial charge is 0.368 e. The molecule has 0 radical (unpaired) electrons. The van der Waals surface area contributed by atoms with Gasteiger partial charge in [0.05, 0.1) is 17.0 Å². The van der Waals surface area contributed by atoms with Crippen LogP contribution in [0.4, 0.5) is 14.7 Å². The number of nitrogens with zero attached hydrogens (tertiary/aromatic N) is 3. The number of thioether (sulfide) groups is 1. The molecule has 0 unspecified atom stereocenters. The standard InChI is InChI=1S/C12H9F2N5S2/c13-6-2-1-3-7(14)10(6)8-4-20-9(16-8)5-21-12-17-11(15)18-19-12/h1-4H,5H2,(H3,15,17,18,19). The van der Waals surface area contributed by atoms with Crippen molar-refractivity contribution in [2.24, 2.45) is 0 Å². The van der Waals surface area contributed by atoms with Crippen LogP contribution in [0.5, 0.6) is 0 Å². The zero-order valence-corrected chi connectivity index (χ0v) is 12.1. The van der Waals surface area contributed by atoms with Crippen LogP contribution in [0, 0.1) is 11.6 Å². The number of nitrogens with one attached hydrogen (secondary N) is 1. The highest BCUT2D eigenvalue weighted by atomic mass is 32.2. The van der Waals surface area contributed by atoms with Gasteiger partial charge in [0.25, 0.3) is 0 Å². The predicted molar refractivity (Wildman–Crippen MR) is 77.8 cm³/mol. The lowest BCUT2D eigenvalue weighted by Gasteiger charge is -2.00. The molecule has 0 bridgehead atoms. The van der Waals surface area contributed by atoms with Crippen molar-refractivity contribution < 1.29 is 8.78 Å². The molecule has 108 valence electrons. The monoisotopic (exact) mass is 325 g/mol. The van der Waals surface area contributed by atoms with Gasteiger partial charge >= 0.3 is 0 Å². The van der Waals surface area contributed by atoms with E-state index >= 15 is 0 Å². The quantitative estimate of drug-likeness (QED) is 0.721. The number of H-pyrrole nitrogens is 1. The van der Waals surface area contributed by atoms with Gasteiger partial charge in [0.2, 0.25) is 11.1 Å². The summed E-state index contributed by atoms with van der Waals surface area (Å²) in [5, 5.41) is 9.27. The van der Waals surface area contributed by atoms with Crippen molar-refractivity contribution >= 4 is 29.0 Å². The molecule has 0 saturated heterocycles. The molecule has 0 atom stereocenters. The van der Waals surface area contributed by atoms with E-state index in [-0.39, 0.29) is 11.5 Å². The SMILES string of the molecule is Nc1nc(SCc2nc(-c3c(F)cccc3F)cs2)n[nH]1. The molecular formula is C12H9F2N5S2. The molecule has 0 saturated carbocycles. The molecule has 0 fully saturated rings. The number of thiazole rings is 1. The third-order valence-electron chi connectivity index (χ3n) is 2.58. The van der Waals surface area contributed by atoms with Crippen LogP contribution >= 0.6 is 23.1 Å². The van der Waals surface area contributed by atoms with Gasteiger partial charge in [-0.2, -0.15) is 4.98 Å². The summed E-state index contributed by atoms with van der Waals surface area (Å²) in [5.41, 5.74) is 5.61. The summed E-state index contributed by atoms with van der Waals surface area (Å²) < 4.78 is 27.4. The maximum Gasteiger partial charge on any atom is 0.216 e. The molecule has 9 heteroatoms. The molecule has 3 N–H and O–H groups in total. The maximum atomic E-state index is 13.7. The number of benzene rings is 1. The lowest BCUT2D eigenvalue weighted by atomic mass is 10.1. The zero-order valence-electron chi connectivity index (χ0n) is 10.5. The Balaban J connectivity index is 1.77. The summed E-state index contributed by atoms with van der Waals surface area (Å²) in [6, 6.07) is 3.75. The van der Waals surface area contributed by atoms with E-state index < -0.39 is 11.6 Å². The van der Waals surface area contributed by atoms with Crippen LogP contribution in [-0.2, 0) is 5.75 Å². The summed E-state index contributed by atoms with van der Waals surface area (Å²) in [5.74, 6) is -0.508. The van der Waals surface area contributed by atoms with E-state index in [4.69, 9.17) is 5.73 Å². The summed E-state index contributed by atoms with van der Waals surface area (Å²) in [6.07, 6.45) is 0. The number of halogens is 2. The van der Waals surface area contributed by atoms with Crippen LogP contribution in [0.3, 0.4) is 0 Å². The summed E-state index contributed by atoms with van der Waals surface area (Å²) in [6.45, 7) is 0. The molecule has 5 nitrogen and oxygen atoms in total. The van der Waals surface area contributed by atoms with Crippen molar-refractivity contribution in [3.63, 3.8) is 0 Å². The van der Waals surface area contributed by atoms with Crippen LogP contribution in [0.2, 0.25) is 0 Å². The van der Waals surface area contributed by atoms with Gasteiger partial charge in [0.1, 0.15) is 16.6 Å². The van der Waals surface area contributed by atoms with Crippen LogP contribution in [0.15, 0.2) is 28.7 Å². The van der Waals surface area contributed by atoms with E-state index in [9.17, 15) is 8.78 Å². The number of hydrogen-bond acceptors (Lipinski definition) is 6. The predicted octanol–water partition coefficient (Wildman–Crippen LogP) is 3.08. The Morgan fingerprint density at radius 1 is 1.24 bits per heavy atom. The number of anilines is 1. The normalized spacial score (nSPS) is 11.0. The number of rotatable bonds is 4. The molecule has 0 aliphatic rings. The Labute approximate surface area is 126 Å². The molecule has 3 rings (SSSR count). The van der Waals surface area contributed by atoms with Gasteiger partial charge in [0.15, 0.2) is 0 Å². The van der Waals surface area contributed by atoms with Crippen molar-refractivity contribution in [1.29, 1.82) is 0 Å². The Hall–Kier alpha value is -2.00. The lowest BCUT2D eigenvalue weighted by molar-refractivity contribution is 0.589. The second-order valence-electron chi connectivity index (χ2n) is 4.02. The van der Waals surface area contributed by atoms with Gasteiger partial charge in [-0.25, -0.2) is 18.9 Å². The van der Waals surface area contributed by atoms with Crippen molar-refractivity contribution in [3.05, 3.63) is 40.2 Å². The van der Waals surface area contributed by atoms with E-state index in [1.165, 1.54) is 41.3 Å². The molecular weight excluding hydrogens is 316 g/mol. The van der Waals surface area contributed by atoms with Gasteiger partial charge in [-0.05, 0) is 12.1 Å². The Morgan fingerprint density at radius 3 is 2.67 bits per heavy atom. The van der Waals surface area contributed by atoms with E-state index in [0.29, 0.717) is 16.6 Å². The molecule has 0 aliphatic heterocycles. The number of nitrogens with two attached hydrogens (primary N) is 1. The van der Waals surface area contributed by atoms with Gasteiger partial charge in [-0.15, -0.1) is 16.4 Å². The highest BCUT2D eigenvalue weighted by Gasteiger charge is 2.14. The number of aromatic nitrogens is 4. The maximum absolute atomic E-state index is 13.7. The van der Waals surface area contributed by atoms with Gasteiger partial charge in [-0.1, -0.05) is 17.8 Å². The summed E-state index contributed by atoms with van der Waals surface area (Å²) >= 11 is 2.66. The van der Waals surface area contributed by atoms with Crippen LogP contribution in [0.1, 0.15) is 5.01 Å². The summed E-state index contributed by atoms with van der Waals surface area (Å²) in [7, 11) is 0. The van der Waals surface area contributed by atoms with Crippen LogP contribution in [0.25, 0.3) is 11.3 Å². The van der Waals surface area contributed by atoms with Crippen molar-refractivity contribution in [2.75, 3.05) is 5.73 Å². The summed E-state index contributed by atoms with van der Waals surface area (Å²) in [4.78, 5) is 8.19. The number of nitrogen functional groups attached to an aromatic ring is 1. The minimum absolute atomic E-state index is 0.105. The molecule has 2 heterocycles. The minimum atomic E-state index is -0.624. The molecule has 3 aromatic rings. The lowest BCUT2D eigenvalue weighted by Crippen LogP contribution is -1.90. The topological polar surface area (TPSA) is 80.5 Å². The van der Waals surface area contributed by atoms with Crippen LogP contribution < -0.4 is 5.73 Å². The first-order chi connectivity index (χ1) is 10.1. The highest BCUT2D eigenvalue weighted by Crippen LogP contribution is 2.29. The average molecular weight is 325 g/mol. The van der Waals surface area contributed by atoms with Gasteiger partial charge in [0, 0.05) is 5.38 Å². The Bertz CT molecular complexity index is 750. The van der Waals surface area contributed by atoms with E-state index in [1.54, 1.807) is 5.38 Å². The van der Waals surface area contributed by atoms with Gasteiger partial charge < -0.3 is 5.73 Å². The molecule has 1 aromatic carbocycles. The van der Waals surface area contributed by atoms with Crippen LogP contribution in [-0.4, -0.2) is 20.2 Å². The van der Waals surface area contributed by atoms with Crippen molar-refractivity contribution in [3.8, 4) is 11.3 Å². The fourth-order valence-electron chi connectivity index (χ4n) is 1.68. The molecule has 21 heavy (non-hydrogen) atoms. The first-order valence-electron chi connectivity index (χ1n) is 5.83. The molecule has 2 aromatic heterocycles. The number of aromatic amines is 1. The molecule has 0 amide bonds. The first kappa shape index (κ1) is 14.0. The van der Waals surface area contributed by atoms with Gasteiger partial charge in [-0.3, -0.25) is 0 Å². The first-order valence-corrected chi connectivity index (χ1v) is 7.69. The zero-order chi connectivity index (χ0) is 14.8. The Morgan fingerprint density at radius 2 is 2.00 bits per heavy atom. The Kier molecular flexibility index (Phi) is 3.84. The average Bonchev–Trinajstić information content (AvgIpc) is 3.06. The molecule has 0 aliphatic carbocycles. The van der Waals surface area contributed by atoms with Crippen molar-refractivity contribution in [2.45, 2.75) is 10.9 Å². The second kappa shape index (κ2) is 5.78. The highest BCUT2D eigenvalue weighted by molar-refractivity contribution is 7.98. The van der Waals surface area contributed by atoms with E-state index in [0.717, 1.165) is 5.01 Å². The third kappa shape index (κ3) is 3.03. The second-order valence-corrected chi connectivity index (χ2v) is 5.90. The molecule has 0 spiro atoms. The third-order valence-corrected chi connectivity index (χ3v) is 4.47. The fraction of sp³-hybridized carbons (Fsp3) is 0.0833.